The molecule has 2 aromatic rings. The van der Waals surface area contributed by atoms with Crippen LogP contribution in [0.3, 0.4) is 0 Å². The number of fused-ring (bicyclic) bond motifs is 1. The first-order valence-electron chi connectivity index (χ1n) is 7.23. The molecule has 1 aliphatic rings. The van der Waals surface area contributed by atoms with Crippen LogP contribution in [0, 0.1) is 5.92 Å². The van der Waals surface area contributed by atoms with Gasteiger partial charge in [-0.25, -0.2) is 0 Å². The Bertz CT molecular complexity index is 632. The van der Waals surface area contributed by atoms with Crippen molar-refractivity contribution < 1.29 is 9.90 Å². The van der Waals surface area contributed by atoms with Crippen LogP contribution >= 0.6 is 0 Å². The quantitative estimate of drug-likeness (QED) is 0.930. The molecule has 0 bridgehead atoms. The lowest BCUT2D eigenvalue weighted by atomic mass is 10.1. The number of amides is 1. The predicted octanol–water partition coefficient (Wildman–Crippen LogP) is 2.12. The summed E-state index contributed by atoms with van der Waals surface area (Å²) in [6.07, 6.45) is 0.897. The van der Waals surface area contributed by atoms with Crippen molar-refractivity contribution in [1.82, 2.24) is 9.47 Å². The molecule has 1 aromatic carbocycles. The lowest BCUT2D eigenvalue weighted by Gasteiger charge is -2.17. The summed E-state index contributed by atoms with van der Waals surface area (Å²) in [7, 11) is 0. The molecule has 0 radical (unpaired) electrons. The van der Waals surface area contributed by atoms with Gasteiger partial charge in [0, 0.05) is 43.1 Å². The Morgan fingerprint density at radius 2 is 2.20 bits per heavy atom. The highest BCUT2D eigenvalue weighted by atomic mass is 16.3. The molecule has 1 fully saturated rings. The van der Waals surface area contributed by atoms with E-state index in [-0.39, 0.29) is 18.4 Å². The summed E-state index contributed by atoms with van der Waals surface area (Å²) in [5, 5.41) is 10.3. The zero-order valence-electron chi connectivity index (χ0n) is 11.7. The molecule has 0 aliphatic carbocycles. The van der Waals surface area contributed by atoms with Gasteiger partial charge in [0.1, 0.15) is 5.69 Å². The Labute approximate surface area is 118 Å². The van der Waals surface area contributed by atoms with E-state index in [1.165, 1.54) is 0 Å². The van der Waals surface area contributed by atoms with Crippen LogP contribution in [0.15, 0.2) is 30.3 Å². The second kappa shape index (κ2) is 5.29. The number of aliphatic hydroxyl groups excluding tert-OH is 1. The van der Waals surface area contributed by atoms with E-state index >= 15 is 0 Å². The maximum Gasteiger partial charge on any atom is 0.270 e. The van der Waals surface area contributed by atoms with Crippen molar-refractivity contribution in [3.8, 4) is 0 Å². The van der Waals surface area contributed by atoms with E-state index in [4.69, 9.17) is 0 Å². The number of aromatic nitrogens is 1. The monoisotopic (exact) mass is 272 g/mol. The summed E-state index contributed by atoms with van der Waals surface area (Å²) in [5.41, 5.74) is 1.86. The van der Waals surface area contributed by atoms with Crippen molar-refractivity contribution in [1.29, 1.82) is 0 Å². The lowest BCUT2D eigenvalue weighted by molar-refractivity contribution is 0.0772. The van der Waals surface area contributed by atoms with Crippen molar-refractivity contribution in [2.45, 2.75) is 19.9 Å². The van der Waals surface area contributed by atoms with Crippen LogP contribution in [-0.2, 0) is 6.54 Å². The standard InChI is InChI=1S/C16H20N2O2/c1-2-18-14-6-4-3-5-13(14)9-15(18)16(20)17-8-7-12(10-17)11-19/h3-6,9,12,19H,2,7-8,10-11H2,1H3. The molecule has 0 saturated carbocycles. The van der Waals surface area contributed by atoms with Crippen molar-refractivity contribution in [3.63, 3.8) is 0 Å². The van der Waals surface area contributed by atoms with Gasteiger partial charge in [-0.15, -0.1) is 0 Å². The summed E-state index contributed by atoms with van der Waals surface area (Å²) in [4.78, 5) is 14.5. The minimum absolute atomic E-state index is 0.0824. The van der Waals surface area contributed by atoms with Crippen LogP contribution in [0.5, 0.6) is 0 Å². The molecule has 1 unspecified atom stereocenters. The molecule has 1 amide bonds. The van der Waals surface area contributed by atoms with E-state index < -0.39 is 0 Å². The maximum absolute atomic E-state index is 12.7. The van der Waals surface area contributed by atoms with Crippen molar-refractivity contribution in [3.05, 3.63) is 36.0 Å². The Morgan fingerprint density at radius 3 is 2.90 bits per heavy atom. The molecule has 20 heavy (non-hydrogen) atoms. The summed E-state index contributed by atoms with van der Waals surface area (Å²) >= 11 is 0. The molecular weight excluding hydrogens is 252 g/mol. The molecule has 1 aromatic heterocycles. The molecule has 106 valence electrons. The number of nitrogens with zero attached hydrogens (tertiary/aromatic N) is 2. The number of carbonyl (C=O) groups excluding carboxylic acids is 1. The minimum atomic E-state index is 0.0824. The number of hydrogen-bond donors (Lipinski definition) is 1. The van der Waals surface area contributed by atoms with Gasteiger partial charge in [0.05, 0.1) is 0 Å². The number of aryl methyl sites for hydroxylation is 1. The first-order valence-corrected chi connectivity index (χ1v) is 7.23. The molecule has 1 saturated heterocycles. The molecule has 1 atom stereocenters. The zero-order valence-corrected chi connectivity index (χ0v) is 11.7. The highest BCUT2D eigenvalue weighted by molar-refractivity contribution is 5.98. The van der Waals surface area contributed by atoms with Gasteiger partial charge >= 0.3 is 0 Å². The SMILES string of the molecule is CCn1c(C(=O)N2CCC(CO)C2)cc2ccccc21. The molecule has 1 aliphatic heterocycles. The van der Waals surface area contributed by atoms with Gasteiger partial charge in [-0.05, 0) is 25.5 Å². The Kier molecular flexibility index (Phi) is 3.49. The normalized spacial score (nSPS) is 18.9. The molecule has 4 nitrogen and oxygen atoms in total. The average Bonchev–Trinajstić information content (AvgIpc) is 3.10. The van der Waals surface area contributed by atoms with Crippen molar-refractivity contribution >= 4 is 16.8 Å². The summed E-state index contributed by atoms with van der Waals surface area (Å²) in [6, 6.07) is 10.1. The van der Waals surface area contributed by atoms with E-state index in [9.17, 15) is 9.90 Å². The van der Waals surface area contributed by atoms with Gasteiger partial charge in [0.25, 0.3) is 5.91 Å². The van der Waals surface area contributed by atoms with E-state index in [0.717, 1.165) is 36.1 Å². The van der Waals surface area contributed by atoms with Crippen molar-refractivity contribution in [2.75, 3.05) is 19.7 Å². The molecule has 0 spiro atoms. The minimum Gasteiger partial charge on any atom is -0.396 e. The lowest BCUT2D eigenvalue weighted by Crippen LogP contribution is -2.30. The van der Waals surface area contributed by atoms with Crippen LogP contribution < -0.4 is 0 Å². The van der Waals surface area contributed by atoms with Crippen LogP contribution in [0.2, 0.25) is 0 Å². The Morgan fingerprint density at radius 1 is 1.40 bits per heavy atom. The smallest absolute Gasteiger partial charge is 0.270 e. The molecule has 3 rings (SSSR count). The highest BCUT2D eigenvalue weighted by Crippen LogP contribution is 2.23. The molecule has 1 N–H and O–H groups in total. The average molecular weight is 272 g/mol. The van der Waals surface area contributed by atoms with E-state index in [2.05, 4.69) is 17.6 Å². The topological polar surface area (TPSA) is 45.5 Å². The number of para-hydroxylation sites is 1. The third-order valence-electron chi connectivity index (χ3n) is 4.18. The van der Waals surface area contributed by atoms with Gasteiger partial charge in [-0.2, -0.15) is 0 Å². The first kappa shape index (κ1) is 13.2. The maximum atomic E-state index is 12.7. The van der Waals surface area contributed by atoms with Crippen LogP contribution in [0.25, 0.3) is 10.9 Å². The van der Waals surface area contributed by atoms with E-state index in [1.54, 1.807) is 0 Å². The van der Waals surface area contributed by atoms with Crippen LogP contribution in [0.4, 0.5) is 0 Å². The second-order valence-corrected chi connectivity index (χ2v) is 5.42. The van der Waals surface area contributed by atoms with E-state index in [0.29, 0.717) is 6.54 Å². The largest absolute Gasteiger partial charge is 0.396 e. The zero-order chi connectivity index (χ0) is 14.1. The number of aliphatic hydroxyl groups is 1. The summed E-state index contributed by atoms with van der Waals surface area (Å²) in [5.74, 6) is 0.317. The third-order valence-corrected chi connectivity index (χ3v) is 4.18. The fourth-order valence-corrected chi connectivity index (χ4v) is 3.06. The molecular formula is C16H20N2O2. The second-order valence-electron chi connectivity index (χ2n) is 5.42. The van der Waals surface area contributed by atoms with Crippen LogP contribution in [-0.4, -0.2) is 40.2 Å². The van der Waals surface area contributed by atoms with Gasteiger partial charge in [-0.3, -0.25) is 4.79 Å². The van der Waals surface area contributed by atoms with Gasteiger partial charge in [-0.1, -0.05) is 18.2 Å². The fraction of sp³-hybridized carbons (Fsp3) is 0.438. The summed E-state index contributed by atoms with van der Waals surface area (Å²) in [6.45, 7) is 4.42. The Balaban J connectivity index is 1.95. The molecule has 2 heterocycles. The number of rotatable bonds is 3. The number of carbonyl (C=O) groups is 1. The van der Waals surface area contributed by atoms with Gasteiger partial charge in [0.15, 0.2) is 0 Å². The highest BCUT2D eigenvalue weighted by Gasteiger charge is 2.28. The summed E-state index contributed by atoms with van der Waals surface area (Å²) < 4.78 is 2.07. The molecule has 4 heteroatoms. The fourth-order valence-electron chi connectivity index (χ4n) is 3.06. The predicted molar refractivity (Wildman–Crippen MR) is 78.7 cm³/mol. The van der Waals surface area contributed by atoms with Gasteiger partial charge < -0.3 is 14.6 Å². The first-order chi connectivity index (χ1) is 9.74. The number of benzene rings is 1. The van der Waals surface area contributed by atoms with E-state index in [1.807, 2.05) is 29.2 Å². The number of likely N-dealkylation sites (tertiary alicyclic amines) is 1. The number of hydrogen-bond acceptors (Lipinski definition) is 2. The van der Waals surface area contributed by atoms with Crippen molar-refractivity contribution in [2.24, 2.45) is 5.92 Å². The Hall–Kier alpha value is -1.81. The van der Waals surface area contributed by atoms with Crippen LogP contribution in [0.1, 0.15) is 23.8 Å². The van der Waals surface area contributed by atoms with Gasteiger partial charge in [0.2, 0.25) is 0 Å². The third kappa shape index (κ3) is 2.10.